The number of nitrogens with zero attached hydrogens (tertiary/aromatic N) is 1. The quantitative estimate of drug-likeness (QED) is 0.357. The maximum Gasteiger partial charge on any atom is 0.191 e. The lowest BCUT2D eigenvalue weighted by atomic mass is 9.73. The second kappa shape index (κ2) is 8.97. The average molecular weight is 441 g/mol. The van der Waals surface area contributed by atoms with Crippen molar-refractivity contribution in [2.24, 2.45) is 10.4 Å². The van der Waals surface area contributed by atoms with Gasteiger partial charge in [-0.3, -0.25) is 4.99 Å². The molecule has 1 saturated heterocycles. The van der Waals surface area contributed by atoms with Crippen LogP contribution in [0.1, 0.15) is 52.4 Å². The molecule has 0 spiro atoms. The lowest BCUT2D eigenvalue weighted by Gasteiger charge is -2.39. The smallest absolute Gasteiger partial charge is 0.191 e. The Morgan fingerprint density at radius 3 is 2.50 bits per heavy atom. The Hall–Kier alpha value is 0.310. The van der Waals surface area contributed by atoms with Crippen LogP contribution in [0.25, 0.3) is 0 Å². The molecule has 2 fully saturated rings. The van der Waals surface area contributed by atoms with E-state index in [1.54, 1.807) is 0 Å². The topological polar surface area (TPSA) is 56.7 Å². The van der Waals surface area contributed by atoms with Gasteiger partial charge in [0, 0.05) is 30.3 Å². The number of rotatable bonds is 4. The van der Waals surface area contributed by atoms with E-state index in [-0.39, 0.29) is 35.5 Å². The summed E-state index contributed by atoms with van der Waals surface area (Å²) in [5, 5.41) is 17.1. The van der Waals surface area contributed by atoms with Crippen LogP contribution < -0.4 is 10.6 Å². The van der Waals surface area contributed by atoms with E-state index in [9.17, 15) is 5.11 Å². The number of thioether (sulfide) groups is 1. The molecule has 2 rings (SSSR count). The highest BCUT2D eigenvalue weighted by Gasteiger charge is 2.35. The number of nitrogens with one attached hydrogen (secondary N) is 2. The number of hydrogen-bond acceptors (Lipinski definition) is 3. The van der Waals surface area contributed by atoms with E-state index in [2.05, 4.69) is 41.2 Å². The fraction of sp³-hybridized carbons (Fsp3) is 0.938. The maximum atomic E-state index is 10.3. The summed E-state index contributed by atoms with van der Waals surface area (Å²) in [4.78, 5) is 4.32. The number of aliphatic imine (C=N–C) groups is 1. The van der Waals surface area contributed by atoms with Gasteiger partial charge in [0.15, 0.2) is 5.96 Å². The molecule has 6 heteroatoms. The number of aliphatic hydroxyl groups is 1. The molecule has 0 amide bonds. The van der Waals surface area contributed by atoms with Gasteiger partial charge in [0.05, 0.1) is 6.10 Å². The van der Waals surface area contributed by atoms with Crippen LogP contribution in [-0.4, -0.2) is 47.8 Å². The molecule has 3 N–H and O–H groups in total. The molecule has 2 aliphatic rings. The van der Waals surface area contributed by atoms with Crippen molar-refractivity contribution in [3.63, 3.8) is 0 Å². The highest BCUT2D eigenvalue weighted by atomic mass is 127. The first-order valence-electron chi connectivity index (χ1n) is 8.24. The second-order valence-corrected chi connectivity index (χ2v) is 8.78. The summed E-state index contributed by atoms with van der Waals surface area (Å²) in [7, 11) is 1.82. The third kappa shape index (κ3) is 5.44. The van der Waals surface area contributed by atoms with Crippen molar-refractivity contribution in [3.8, 4) is 0 Å². The molecule has 0 aromatic rings. The Labute approximate surface area is 156 Å². The van der Waals surface area contributed by atoms with Crippen LogP contribution in [0, 0.1) is 5.41 Å². The van der Waals surface area contributed by atoms with Crippen LogP contribution in [0.4, 0.5) is 0 Å². The van der Waals surface area contributed by atoms with Crippen molar-refractivity contribution in [2.75, 3.05) is 25.9 Å². The minimum Gasteiger partial charge on any atom is -0.392 e. The highest BCUT2D eigenvalue weighted by molar-refractivity contribution is 14.0. The van der Waals surface area contributed by atoms with Gasteiger partial charge in [-0.15, -0.1) is 24.0 Å². The summed E-state index contributed by atoms with van der Waals surface area (Å²) in [6.07, 6.45) is 6.79. The van der Waals surface area contributed by atoms with Crippen molar-refractivity contribution in [1.82, 2.24) is 10.6 Å². The molecule has 0 aromatic carbocycles. The van der Waals surface area contributed by atoms with Crippen LogP contribution in [0.2, 0.25) is 0 Å². The Kier molecular flexibility index (Phi) is 8.30. The van der Waals surface area contributed by atoms with Crippen LogP contribution in [0.5, 0.6) is 0 Å². The van der Waals surface area contributed by atoms with Crippen molar-refractivity contribution in [3.05, 3.63) is 0 Å². The van der Waals surface area contributed by atoms with Crippen LogP contribution in [0.15, 0.2) is 4.99 Å². The molecule has 1 aliphatic carbocycles. The third-order valence-corrected chi connectivity index (χ3v) is 6.63. The molecule has 0 radical (unpaired) electrons. The third-order valence-electron chi connectivity index (χ3n) is 5.09. The largest absolute Gasteiger partial charge is 0.392 e. The van der Waals surface area contributed by atoms with Crippen molar-refractivity contribution >= 4 is 41.7 Å². The SMILES string of the molecule is CN=C(NCC1(C)CCCS1)NCC1(C)CCCCC1O.I. The molecule has 130 valence electrons. The summed E-state index contributed by atoms with van der Waals surface area (Å²) in [6.45, 7) is 6.26. The van der Waals surface area contributed by atoms with E-state index in [4.69, 9.17) is 0 Å². The standard InChI is InChI=1S/C16H31N3OS.HI/c1-15(8-5-4-7-13(15)20)11-18-14(17-3)19-12-16(2)9-6-10-21-16;/h13,20H,4-12H2,1-3H3,(H2,17,18,19);1H. The fourth-order valence-corrected chi connectivity index (χ4v) is 4.59. The van der Waals surface area contributed by atoms with Crippen LogP contribution >= 0.6 is 35.7 Å². The van der Waals surface area contributed by atoms with Gasteiger partial charge in [-0.2, -0.15) is 11.8 Å². The molecular formula is C16H32IN3OS. The molecule has 3 atom stereocenters. The fourth-order valence-electron chi connectivity index (χ4n) is 3.34. The predicted molar refractivity (Wildman–Crippen MR) is 107 cm³/mol. The minimum absolute atomic E-state index is 0. The van der Waals surface area contributed by atoms with Crippen molar-refractivity contribution in [2.45, 2.75) is 63.2 Å². The first-order chi connectivity index (χ1) is 9.97. The van der Waals surface area contributed by atoms with Gasteiger partial charge in [0.1, 0.15) is 0 Å². The van der Waals surface area contributed by atoms with Gasteiger partial charge in [0.25, 0.3) is 0 Å². The maximum absolute atomic E-state index is 10.3. The van der Waals surface area contributed by atoms with E-state index < -0.39 is 0 Å². The minimum atomic E-state index is -0.195. The number of hydrogen-bond donors (Lipinski definition) is 3. The second-order valence-electron chi connectivity index (χ2n) is 7.10. The molecule has 22 heavy (non-hydrogen) atoms. The Bertz CT molecular complexity index is 374. The Morgan fingerprint density at radius 1 is 1.18 bits per heavy atom. The van der Waals surface area contributed by atoms with Crippen LogP contribution in [-0.2, 0) is 0 Å². The van der Waals surface area contributed by atoms with Gasteiger partial charge in [-0.25, -0.2) is 0 Å². The molecule has 1 saturated carbocycles. The molecule has 1 heterocycles. The summed E-state index contributed by atoms with van der Waals surface area (Å²) >= 11 is 2.06. The summed E-state index contributed by atoms with van der Waals surface area (Å²) in [5.74, 6) is 2.14. The van der Waals surface area contributed by atoms with Gasteiger partial charge in [0.2, 0.25) is 0 Å². The van der Waals surface area contributed by atoms with Gasteiger partial charge < -0.3 is 15.7 Å². The lowest BCUT2D eigenvalue weighted by molar-refractivity contribution is 0.00397. The zero-order valence-electron chi connectivity index (χ0n) is 14.2. The summed E-state index contributed by atoms with van der Waals surface area (Å²) in [5.41, 5.74) is -0.0259. The van der Waals surface area contributed by atoms with E-state index >= 15 is 0 Å². The van der Waals surface area contributed by atoms with E-state index in [1.165, 1.54) is 25.0 Å². The molecule has 4 nitrogen and oxygen atoms in total. The first kappa shape index (κ1) is 20.4. The Morgan fingerprint density at radius 2 is 1.91 bits per heavy atom. The summed E-state index contributed by atoms with van der Waals surface area (Å²) < 4.78 is 0.339. The average Bonchev–Trinajstić information content (AvgIpc) is 2.90. The Balaban J connectivity index is 0.00000242. The summed E-state index contributed by atoms with van der Waals surface area (Å²) in [6, 6.07) is 0. The zero-order chi connectivity index (χ0) is 15.3. The highest BCUT2D eigenvalue weighted by Crippen LogP contribution is 2.37. The lowest BCUT2D eigenvalue weighted by Crippen LogP contribution is -2.50. The molecule has 0 aromatic heterocycles. The van der Waals surface area contributed by atoms with Crippen molar-refractivity contribution < 1.29 is 5.11 Å². The molecule has 0 bridgehead atoms. The molecule has 3 unspecified atom stereocenters. The van der Waals surface area contributed by atoms with Crippen molar-refractivity contribution in [1.29, 1.82) is 0 Å². The molecular weight excluding hydrogens is 409 g/mol. The molecule has 1 aliphatic heterocycles. The van der Waals surface area contributed by atoms with E-state index in [1.807, 2.05) is 7.05 Å². The normalized spacial score (nSPS) is 35.8. The monoisotopic (exact) mass is 441 g/mol. The van der Waals surface area contributed by atoms with Gasteiger partial charge >= 0.3 is 0 Å². The predicted octanol–water partition coefficient (Wildman–Crippen LogP) is 3.00. The number of aliphatic hydroxyl groups excluding tert-OH is 1. The van der Waals surface area contributed by atoms with E-state index in [0.29, 0.717) is 4.75 Å². The van der Waals surface area contributed by atoms with Gasteiger partial charge in [-0.05, 0) is 38.4 Å². The van der Waals surface area contributed by atoms with E-state index in [0.717, 1.165) is 38.3 Å². The van der Waals surface area contributed by atoms with Crippen LogP contribution in [0.3, 0.4) is 0 Å². The zero-order valence-corrected chi connectivity index (χ0v) is 17.3. The first-order valence-corrected chi connectivity index (χ1v) is 9.23. The number of halogens is 1. The van der Waals surface area contributed by atoms with Gasteiger partial charge in [-0.1, -0.05) is 19.8 Å². The number of guanidine groups is 1.